The van der Waals surface area contributed by atoms with Crippen LogP contribution in [0.25, 0.3) is 10.2 Å². The molecule has 1 aliphatic heterocycles. The number of amides is 2. The molecule has 3 N–H and O–H groups in total. The third kappa shape index (κ3) is 5.09. The predicted octanol–water partition coefficient (Wildman–Crippen LogP) is 2.92. The maximum atomic E-state index is 11.7. The fraction of sp³-hybridized carbons (Fsp3) is 0.579. The van der Waals surface area contributed by atoms with Gasteiger partial charge >= 0.3 is 6.09 Å². The smallest absolute Gasteiger partial charge is 0.407 e. The number of carbonyl (C=O) groups excluding carboxylic acids is 2. The average Bonchev–Trinajstić information content (AvgIpc) is 3.05. The van der Waals surface area contributed by atoms with Crippen molar-refractivity contribution in [3.8, 4) is 0 Å². The number of anilines is 1. The van der Waals surface area contributed by atoms with Crippen molar-refractivity contribution in [1.29, 1.82) is 0 Å². The molecule has 2 aromatic rings. The van der Waals surface area contributed by atoms with Gasteiger partial charge in [-0.05, 0) is 52.0 Å². The van der Waals surface area contributed by atoms with Crippen molar-refractivity contribution in [2.24, 2.45) is 11.7 Å². The molecule has 2 aromatic heterocycles. The van der Waals surface area contributed by atoms with Crippen LogP contribution >= 0.6 is 11.3 Å². The summed E-state index contributed by atoms with van der Waals surface area (Å²) in [6, 6.07) is 1.72. The van der Waals surface area contributed by atoms with Crippen molar-refractivity contribution < 1.29 is 14.3 Å². The number of carbonyl (C=O) groups is 2. The zero-order chi connectivity index (χ0) is 20.3. The summed E-state index contributed by atoms with van der Waals surface area (Å²) < 4.78 is 6.16. The molecule has 0 aliphatic carbocycles. The highest BCUT2D eigenvalue weighted by Crippen LogP contribution is 2.33. The lowest BCUT2D eigenvalue weighted by molar-refractivity contribution is 0.0524. The van der Waals surface area contributed by atoms with Crippen molar-refractivity contribution >= 4 is 39.4 Å². The van der Waals surface area contributed by atoms with Gasteiger partial charge in [0.1, 0.15) is 17.7 Å². The molecule has 0 spiro atoms. The summed E-state index contributed by atoms with van der Waals surface area (Å²) in [5.41, 5.74) is 5.68. The first-order valence-corrected chi connectivity index (χ1v) is 10.3. The Kier molecular flexibility index (Phi) is 6.02. The molecule has 9 heteroatoms. The summed E-state index contributed by atoms with van der Waals surface area (Å²) in [4.78, 5) is 34.6. The van der Waals surface area contributed by atoms with Crippen LogP contribution in [0.5, 0.6) is 0 Å². The Hall–Kier alpha value is -2.42. The first-order valence-electron chi connectivity index (χ1n) is 9.49. The Morgan fingerprint density at radius 1 is 1.32 bits per heavy atom. The Balaban J connectivity index is 1.52. The molecule has 8 nitrogen and oxygen atoms in total. The Labute approximate surface area is 168 Å². The third-order valence-corrected chi connectivity index (χ3v) is 5.80. The van der Waals surface area contributed by atoms with Crippen LogP contribution in [0.1, 0.15) is 49.7 Å². The monoisotopic (exact) mass is 405 g/mol. The second-order valence-corrected chi connectivity index (χ2v) is 9.09. The number of nitrogens with one attached hydrogen (secondary N) is 1. The van der Waals surface area contributed by atoms with Crippen molar-refractivity contribution in [2.45, 2.75) is 45.6 Å². The summed E-state index contributed by atoms with van der Waals surface area (Å²) in [5.74, 6) is 0.978. The molecule has 0 saturated carbocycles. The zero-order valence-corrected chi connectivity index (χ0v) is 17.3. The van der Waals surface area contributed by atoms with Gasteiger partial charge < -0.3 is 20.7 Å². The van der Waals surface area contributed by atoms with E-state index in [2.05, 4.69) is 20.2 Å². The highest BCUT2D eigenvalue weighted by Gasteiger charge is 2.23. The lowest BCUT2D eigenvalue weighted by Gasteiger charge is -2.33. The van der Waals surface area contributed by atoms with Crippen LogP contribution in [-0.2, 0) is 4.74 Å². The predicted molar refractivity (Wildman–Crippen MR) is 110 cm³/mol. The van der Waals surface area contributed by atoms with E-state index in [0.717, 1.165) is 48.4 Å². The lowest BCUT2D eigenvalue weighted by Crippen LogP contribution is -2.37. The summed E-state index contributed by atoms with van der Waals surface area (Å²) >= 11 is 1.35. The van der Waals surface area contributed by atoms with E-state index in [1.807, 2.05) is 20.8 Å². The van der Waals surface area contributed by atoms with E-state index in [0.29, 0.717) is 17.3 Å². The van der Waals surface area contributed by atoms with Crippen LogP contribution in [0, 0.1) is 5.92 Å². The number of fused-ring (bicyclic) bond motifs is 1. The highest BCUT2D eigenvalue weighted by atomic mass is 32.1. The first-order chi connectivity index (χ1) is 13.2. The SMILES string of the molecule is CC(C)(C)OC(=O)NCCC1CCN(c2ncnc3cc(C(N)=O)sc23)CC1. The molecule has 2 amide bonds. The third-order valence-electron chi connectivity index (χ3n) is 4.67. The summed E-state index contributed by atoms with van der Waals surface area (Å²) in [5, 5.41) is 2.83. The molecule has 3 rings (SSSR count). The Morgan fingerprint density at radius 2 is 2.04 bits per heavy atom. The van der Waals surface area contributed by atoms with Gasteiger partial charge in [0.15, 0.2) is 0 Å². The van der Waals surface area contributed by atoms with Crippen molar-refractivity contribution in [1.82, 2.24) is 15.3 Å². The van der Waals surface area contributed by atoms with Gasteiger partial charge in [-0.15, -0.1) is 11.3 Å². The largest absolute Gasteiger partial charge is 0.444 e. The van der Waals surface area contributed by atoms with Gasteiger partial charge in [0.2, 0.25) is 0 Å². The van der Waals surface area contributed by atoms with E-state index in [4.69, 9.17) is 10.5 Å². The number of nitrogens with two attached hydrogens (primary N) is 1. The lowest BCUT2D eigenvalue weighted by atomic mass is 9.93. The van der Waals surface area contributed by atoms with E-state index in [9.17, 15) is 9.59 Å². The minimum atomic E-state index is -0.478. The Morgan fingerprint density at radius 3 is 2.68 bits per heavy atom. The van der Waals surface area contributed by atoms with Gasteiger partial charge in [-0.25, -0.2) is 14.8 Å². The minimum absolute atomic E-state index is 0.365. The second-order valence-electron chi connectivity index (χ2n) is 8.03. The average molecular weight is 406 g/mol. The van der Waals surface area contributed by atoms with Gasteiger partial charge in [-0.3, -0.25) is 4.79 Å². The van der Waals surface area contributed by atoms with E-state index < -0.39 is 11.5 Å². The number of aromatic nitrogens is 2. The molecule has 0 unspecified atom stereocenters. The Bertz CT molecular complexity index is 853. The number of nitrogens with zero attached hydrogens (tertiary/aromatic N) is 3. The van der Waals surface area contributed by atoms with Gasteiger partial charge in [-0.2, -0.15) is 0 Å². The molecule has 1 fully saturated rings. The standard InChI is InChI=1S/C19H27N5O3S/c1-19(2,3)27-18(26)21-7-4-12-5-8-24(9-6-12)17-15-13(22-11-23-17)10-14(28-15)16(20)25/h10-12H,4-9H2,1-3H3,(H2,20,25)(H,21,26). The molecule has 0 bridgehead atoms. The first kappa shape index (κ1) is 20.3. The summed E-state index contributed by atoms with van der Waals surface area (Å²) in [6.07, 6.45) is 4.14. The molecule has 28 heavy (non-hydrogen) atoms. The second kappa shape index (κ2) is 8.30. The highest BCUT2D eigenvalue weighted by molar-refractivity contribution is 7.21. The maximum absolute atomic E-state index is 11.7. The molecule has 0 radical (unpaired) electrons. The molecule has 0 atom stereocenters. The number of hydrogen-bond acceptors (Lipinski definition) is 7. The van der Waals surface area contributed by atoms with Crippen LogP contribution in [0.2, 0.25) is 0 Å². The molecule has 1 saturated heterocycles. The molecule has 0 aromatic carbocycles. The molecular formula is C19H27N5O3S. The summed E-state index contributed by atoms with van der Waals surface area (Å²) in [6.45, 7) is 7.94. The van der Waals surface area contributed by atoms with E-state index >= 15 is 0 Å². The minimum Gasteiger partial charge on any atom is -0.444 e. The van der Waals surface area contributed by atoms with Gasteiger partial charge in [0.25, 0.3) is 5.91 Å². The fourth-order valence-corrected chi connectivity index (χ4v) is 4.29. The maximum Gasteiger partial charge on any atom is 0.407 e. The summed E-state index contributed by atoms with van der Waals surface area (Å²) in [7, 11) is 0. The van der Waals surface area contributed by atoms with Crippen molar-refractivity contribution in [3.63, 3.8) is 0 Å². The van der Waals surface area contributed by atoms with Crippen LogP contribution in [0.15, 0.2) is 12.4 Å². The number of alkyl carbamates (subject to hydrolysis) is 1. The van der Waals surface area contributed by atoms with Crippen molar-refractivity contribution in [3.05, 3.63) is 17.3 Å². The van der Waals surface area contributed by atoms with Crippen molar-refractivity contribution in [2.75, 3.05) is 24.5 Å². The van der Waals surface area contributed by atoms with Crippen LogP contribution in [0.4, 0.5) is 10.6 Å². The van der Waals surface area contributed by atoms with Gasteiger partial charge in [-0.1, -0.05) is 0 Å². The van der Waals surface area contributed by atoms with Crippen LogP contribution in [0.3, 0.4) is 0 Å². The topological polar surface area (TPSA) is 110 Å². The zero-order valence-electron chi connectivity index (χ0n) is 16.5. The van der Waals surface area contributed by atoms with Gasteiger partial charge in [0, 0.05) is 19.6 Å². The number of primary amides is 1. The van der Waals surface area contributed by atoms with E-state index in [-0.39, 0.29) is 6.09 Å². The van der Waals surface area contributed by atoms with E-state index in [1.54, 1.807) is 6.07 Å². The molecule has 1 aliphatic rings. The number of ether oxygens (including phenoxy) is 1. The molecule has 152 valence electrons. The number of rotatable bonds is 5. The van der Waals surface area contributed by atoms with E-state index in [1.165, 1.54) is 17.7 Å². The van der Waals surface area contributed by atoms with Crippen LogP contribution in [-0.4, -0.2) is 47.2 Å². The quantitative estimate of drug-likeness (QED) is 0.791. The fourth-order valence-electron chi connectivity index (χ4n) is 3.31. The normalized spacial score (nSPS) is 15.6. The molecular weight excluding hydrogens is 378 g/mol. The van der Waals surface area contributed by atoms with Crippen LogP contribution < -0.4 is 16.0 Å². The number of thiophene rings is 1. The van der Waals surface area contributed by atoms with Gasteiger partial charge in [0.05, 0.1) is 15.1 Å². The number of piperidine rings is 1. The molecule has 3 heterocycles. The number of hydrogen-bond donors (Lipinski definition) is 2.